The normalized spacial score (nSPS) is 11.1. The molecule has 0 radical (unpaired) electrons. The Morgan fingerprint density at radius 2 is 1.66 bits per heavy atom. The lowest BCUT2D eigenvalue weighted by Crippen LogP contribution is -2.14. The van der Waals surface area contributed by atoms with Gasteiger partial charge >= 0.3 is 5.97 Å². The van der Waals surface area contributed by atoms with E-state index in [0.717, 1.165) is 17.1 Å². The molecule has 6 heteroatoms. The molecule has 0 fully saturated rings. The van der Waals surface area contributed by atoms with E-state index in [9.17, 15) is 4.79 Å². The molecule has 3 rings (SSSR count). The minimum Gasteiger partial charge on any atom is -0.465 e. The van der Waals surface area contributed by atoms with Gasteiger partial charge in [-0.3, -0.25) is 0 Å². The number of carbonyl (C=O) groups excluding carboxylic acids is 1. The number of rotatable bonds is 5. The van der Waals surface area contributed by atoms with Crippen LogP contribution in [0.25, 0.3) is 0 Å². The molecule has 0 spiro atoms. The summed E-state index contributed by atoms with van der Waals surface area (Å²) < 4.78 is 4.72. The summed E-state index contributed by atoms with van der Waals surface area (Å²) in [4.78, 5) is 20.6. The fourth-order valence-electron chi connectivity index (χ4n) is 3.01. The Labute approximate surface area is 171 Å². The average molecular weight is 390 g/mol. The van der Waals surface area contributed by atoms with Gasteiger partial charge in [0, 0.05) is 23.1 Å². The fraction of sp³-hybridized carbons (Fsp3) is 0.261. The lowest BCUT2D eigenvalue weighted by Gasteiger charge is -2.23. The number of para-hydroxylation sites is 1. The van der Waals surface area contributed by atoms with Crippen LogP contribution >= 0.6 is 0 Å². The summed E-state index contributed by atoms with van der Waals surface area (Å²) in [5.74, 6) is 0.821. The molecular weight excluding hydrogens is 364 g/mol. The molecule has 0 aliphatic rings. The molecule has 150 valence electrons. The Balaban J connectivity index is 1.83. The van der Waals surface area contributed by atoms with Gasteiger partial charge in [-0.25, -0.2) is 9.78 Å². The molecule has 3 aromatic rings. The SMILES string of the molecule is COC(=O)c1ccc(Nc2nc(C)cc(Nc3ccccc3C(C)(C)C)n2)cc1. The number of esters is 1. The molecule has 6 nitrogen and oxygen atoms in total. The molecule has 2 aromatic carbocycles. The highest BCUT2D eigenvalue weighted by Crippen LogP contribution is 2.31. The van der Waals surface area contributed by atoms with Crippen LogP contribution < -0.4 is 10.6 Å². The summed E-state index contributed by atoms with van der Waals surface area (Å²) in [7, 11) is 1.36. The minimum atomic E-state index is -0.368. The number of carbonyl (C=O) groups is 1. The van der Waals surface area contributed by atoms with Crippen molar-refractivity contribution in [3.05, 3.63) is 71.4 Å². The molecule has 0 amide bonds. The quantitative estimate of drug-likeness (QED) is 0.572. The first-order chi connectivity index (χ1) is 13.8. The van der Waals surface area contributed by atoms with Gasteiger partial charge in [0.05, 0.1) is 12.7 Å². The summed E-state index contributed by atoms with van der Waals surface area (Å²) in [5, 5.41) is 6.61. The van der Waals surface area contributed by atoms with E-state index in [0.29, 0.717) is 17.3 Å². The van der Waals surface area contributed by atoms with Crippen molar-refractivity contribution in [3.8, 4) is 0 Å². The van der Waals surface area contributed by atoms with Crippen LogP contribution in [0.3, 0.4) is 0 Å². The molecule has 0 aliphatic heterocycles. The second-order valence-corrected chi connectivity index (χ2v) is 7.83. The van der Waals surface area contributed by atoms with E-state index in [1.807, 2.05) is 25.1 Å². The standard InChI is InChI=1S/C23H26N4O2/c1-15-14-20(26-19-9-7-6-8-18(19)23(2,3)4)27-22(24-15)25-17-12-10-16(11-13-17)21(28)29-5/h6-14H,1-5H3,(H2,24,25,26,27). The average Bonchev–Trinajstić information content (AvgIpc) is 2.67. The van der Waals surface area contributed by atoms with E-state index >= 15 is 0 Å². The number of aryl methyl sites for hydroxylation is 1. The monoisotopic (exact) mass is 390 g/mol. The lowest BCUT2D eigenvalue weighted by atomic mass is 9.86. The molecule has 0 saturated heterocycles. The van der Waals surface area contributed by atoms with Gasteiger partial charge in [0.25, 0.3) is 0 Å². The van der Waals surface area contributed by atoms with Gasteiger partial charge in [0.2, 0.25) is 5.95 Å². The van der Waals surface area contributed by atoms with Crippen molar-refractivity contribution in [1.29, 1.82) is 0 Å². The minimum absolute atomic E-state index is 0.00807. The van der Waals surface area contributed by atoms with Crippen LogP contribution in [0.4, 0.5) is 23.1 Å². The van der Waals surface area contributed by atoms with Crippen LogP contribution in [-0.4, -0.2) is 23.0 Å². The van der Waals surface area contributed by atoms with Crippen LogP contribution in [-0.2, 0) is 10.2 Å². The number of aromatic nitrogens is 2. The van der Waals surface area contributed by atoms with Crippen LogP contribution in [0.15, 0.2) is 54.6 Å². The zero-order chi connectivity index (χ0) is 21.0. The highest BCUT2D eigenvalue weighted by atomic mass is 16.5. The molecule has 0 unspecified atom stereocenters. The van der Waals surface area contributed by atoms with E-state index in [1.54, 1.807) is 24.3 Å². The smallest absolute Gasteiger partial charge is 0.337 e. The van der Waals surface area contributed by atoms with Gasteiger partial charge in [0.15, 0.2) is 0 Å². The van der Waals surface area contributed by atoms with E-state index in [2.05, 4.69) is 53.5 Å². The first-order valence-corrected chi connectivity index (χ1v) is 9.44. The van der Waals surface area contributed by atoms with Crippen molar-refractivity contribution in [2.45, 2.75) is 33.1 Å². The zero-order valence-electron chi connectivity index (χ0n) is 17.4. The Bertz CT molecular complexity index is 1010. The summed E-state index contributed by atoms with van der Waals surface area (Å²) in [6.45, 7) is 8.48. The maximum Gasteiger partial charge on any atom is 0.337 e. The first kappa shape index (κ1) is 20.3. The van der Waals surface area contributed by atoms with Gasteiger partial charge in [-0.1, -0.05) is 39.0 Å². The van der Waals surface area contributed by atoms with E-state index in [1.165, 1.54) is 12.7 Å². The summed E-state index contributed by atoms with van der Waals surface area (Å²) in [6, 6.07) is 17.1. The van der Waals surface area contributed by atoms with Crippen molar-refractivity contribution in [3.63, 3.8) is 0 Å². The maximum atomic E-state index is 11.6. The van der Waals surface area contributed by atoms with Gasteiger partial charge < -0.3 is 15.4 Å². The second-order valence-electron chi connectivity index (χ2n) is 7.83. The van der Waals surface area contributed by atoms with E-state index in [4.69, 9.17) is 4.74 Å². The number of methoxy groups -OCH3 is 1. The maximum absolute atomic E-state index is 11.6. The zero-order valence-corrected chi connectivity index (χ0v) is 17.4. The van der Waals surface area contributed by atoms with Crippen LogP contribution in [0, 0.1) is 6.92 Å². The predicted molar refractivity (Wildman–Crippen MR) is 116 cm³/mol. The molecular formula is C23H26N4O2. The van der Waals surface area contributed by atoms with Crippen LogP contribution in [0.1, 0.15) is 42.4 Å². The molecule has 1 heterocycles. The van der Waals surface area contributed by atoms with Gasteiger partial charge in [0.1, 0.15) is 5.82 Å². The molecule has 0 aliphatic carbocycles. The Morgan fingerprint density at radius 1 is 0.966 bits per heavy atom. The molecule has 0 bridgehead atoms. The molecule has 1 aromatic heterocycles. The number of hydrogen-bond acceptors (Lipinski definition) is 6. The Hall–Kier alpha value is -3.41. The Morgan fingerprint density at radius 3 is 2.31 bits per heavy atom. The van der Waals surface area contributed by atoms with Gasteiger partial charge in [-0.2, -0.15) is 4.98 Å². The predicted octanol–water partition coefficient (Wildman–Crippen LogP) is 5.36. The number of benzene rings is 2. The van der Waals surface area contributed by atoms with Crippen LogP contribution in [0.2, 0.25) is 0 Å². The van der Waals surface area contributed by atoms with Crippen molar-refractivity contribution in [2.75, 3.05) is 17.7 Å². The third-order valence-electron chi connectivity index (χ3n) is 4.41. The number of nitrogens with zero attached hydrogens (tertiary/aromatic N) is 2. The largest absolute Gasteiger partial charge is 0.465 e. The number of anilines is 4. The van der Waals surface area contributed by atoms with E-state index < -0.39 is 0 Å². The second kappa shape index (κ2) is 8.31. The summed E-state index contributed by atoms with van der Waals surface area (Å²) in [6.07, 6.45) is 0. The van der Waals surface area contributed by atoms with Crippen molar-refractivity contribution >= 4 is 29.1 Å². The van der Waals surface area contributed by atoms with Crippen molar-refractivity contribution in [2.24, 2.45) is 0 Å². The van der Waals surface area contributed by atoms with Crippen molar-refractivity contribution < 1.29 is 9.53 Å². The first-order valence-electron chi connectivity index (χ1n) is 9.44. The molecule has 29 heavy (non-hydrogen) atoms. The Kier molecular flexibility index (Phi) is 5.82. The molecule has 2 N–H and O–H groups in total. The summed E-state index contributed by atoms with van der Waals surface area (Å²) in [5.41, 5.74) is 4.35. The molecule has 0 atom stereocenters. The highest BCUT2D eigenvalue weighted by molar-refractivity contribution is 5.89. The third kappa shape index (κ3) is 5.10. The lowest BCUT2D eigenvalue weighted by molar-refractivity contribution is 0.0601. The van der Waals surface area contributed by atoms with Gasteiger partial charge in [-0.05, 0) is 48.2 Å². The van der Waals surface area contributed by atoms with Crippen LogP contribution in [0.5, 0.6) is 0 Å². The number of nitrogens with one attached hydrogen (secondary N) is 2. The third-order valence-corrected chi connectivity index (χ3v) is 4.41. The summed E-state index contributed by atoms with van der Waals surface area (Å²) >= 11 is 0. The number of hydrogen-bond donors (Lipinski definition) is 2. The van der Waals surface area contributed by atoms with Crippen molar-refractivity contribution in [1.82, 2.24) is 9.97 Å². The molecule has 0 saturated carbocycles. The number of ether oxygens (including phenoxy) is 1. The fourth-order valence-corrected chi connectivity index (χ4v) is 3.01. The topological polar surface area (TPSA) is 76.1 Å². The highest BCUT2D eigenvalue weighted by Gasteiger charge is 2.18. The van der Waals surface area contributed by atoms with E-state index in [-0.39, 0.29) is 11.4 Å². The van der Waals surface area contributed by atoms with Gasteiger partial charge in [-0.15, -0.1) is 0 Å².